The molecule has 212 valence electrons. The SMILES string of the molecule is CN(C(=O)Oc1c(C(C=NCCOC2CCOC2)=CN)cc(C(F)(F)F)cc1C(F)(F)F)c1ccc(F)cc1. The molecule has 1 atom stereocenters. The number of carbonyl (C=O) groups excluding carboxylic acids is 1. The highest BCUT2D eigenvalue weighted by Gasteiger charge is 2.41. The van der Waals surface area contributed by atoms with Gasteiger partial charge in [-0.1, -0.05) is 0 Å². The average Bonchev–Trinajstić information content (AvgIpc) is 3.39. The molecule has 0 aromatic heterocycles. The van der Waals surface area contributed by atoms with Crippen LogP contribution in [0.3, 0.4) is 0 Å². The van der Waals surface area contributed by atoms with Gasteiger partial charge in [0.05, 0.1) is 37.0 Å². The van der Waals surface area contributed by atoms with Crippen molar-refractivity contribution in [2.45, 2.75) is 24.9 Å². The fourth-order valence-electron chi connectivity index (χ4n) is 3.54. The Balaban J connectivity index is 1.98. The van der Waals surface area contributed by atoms with Crippen molar-refractivity contribution in [3.05, 3.63) is 65.1 Å². The van der Waals surface area contributed by atoms with Crippen molar-refractivity contribution < 1.29 is 49.7 Å². The number of allylic oxidation sites excluding steroid dienone is 1. The van der Waals surface area contributed by atoms with Gasteiger partial charge >= 0.3 is 18.4 Å². The number of carbonyl (C=O) groups is 1. The molecule has 1 fully saturated rings. The summed E-state index contributed by atoms with van der Waals surface area (Å²) in [7, 11) is 1.13. The molecule has 0 saturated carbocycles. The summed E-state index contributed by atoms with van der Waals surface area (Å²) in [5.41, 5.74) is 0.959. The fraction of sp³-hybridized carbons (Fsp3) is 0.360. The molecule has 3 rings (SSSR count). The van der Waals surface area contributed by atoms with E-state index in [4.69, 9.17) is 19.9 Å². The summed E-state index contributed by atoms with van der Waals surface area (Å²) < 4.78 is 111. The van der Waals surface area contributed by atoms with E-state index in [0.29, 0.717) is 25.7 Å². The third-order valence-electron chi connectivity index (χ3n) is 5.58. The Morgan fingerprint density at radius 2 is 1.85 bits per heavy atom. The number of anilines is 1. The van der Waals surface area contributed by atoms with Crippen molar-refractivity contribution in [1.29, 1.82) is 0 Å². The molecule has 1 unspecified atom stereocenters. The molecule has 2 N–H and O–H groups in total. The first-order valence-electron chi connectivity index (χ1n) is 11.5. The maximum absolute atomic E-state index is 14.0. The summed E-state index contributed by atoms with van der Waals surface area (Å²) in [5, 5.41) is 0. The molecule has 1 amide bonds. The maximum atomic E-state index is 14.0. The molecular weight excluding hydrogens is 539 g/mol. The number of nitrogens with two attached hydrogens (primary N) is 1. The van der Waals surface area contributed by atoms with Crippen molar-refractivity contribution in [2.75, 3.05) is 38.3 Å². The van der Waals surface area contributed by atoms with Gasteiger partial charge in [-0.3, -0.25) is 9.89 Å². The molecule has 0 spiro atoms. The number of amides is 1. The Hall–Kier alpha value is -3.65. The lowest BCUT2D eigenvalue weighted by atomic mass is 9.98. The summed E-state index contributed by atoms with van der Waals surface area (Å²) in [6.45, 7) is 1.08. The predicted octanol–water partition coefficient (Wildman–Crippen LogP) is 5.67. The van der Waals surface area contributed by atoms with Crippen LogP contribution >= 0.6 is 0 Å². The van der Waals surface area contributed by atoms with E-state index in [1.807, 2.05) is 0 Å². The number of aliphatic imine (C=N–C) groups is 1. The van der Waals surface area contributed by atoms with Crippen LogP contribution in [0.5, 0.6) is 5.75 Å². The van der Waals surface area contributed by atoms with Gasteiger partial charge < -0.3 is 19.9 Å². The van der Waals surface area contributed by atoms with Crippen LogP contribution in [0.15, 0.2) is 47.6 Å². The minimum atomic E-state index is -5.35. The molecule has 1 heterocycles. The van der Waals surface area contributed by atoms with Gasteiger partial charge in [0.15, 0.2) is 5.75 Å². The van der Waals surface area contributed by atoms with Crippen LogP contribution in [0.1, 0.15) is 23.1 Å². The highest BCUT2D eigenvalue weighted by atomic mass is 19.4. The Kier molecular flexibility index (Phi) is 9.56. The third kappa shape index (κ3) is 7.93. The van der Waals surface area contributed by atoms with Crippen molar-refractivity contribution >= 4 is 23.6 Å². The zero-order valence-corrected chi connectivity index (χ0v) is 20.5. The van der Waals surface area contributed by atoms with Gasteiger partial charge in [-0.2, -0.15) is 26.3 Å². The van der Waals surface area contributed by atoms with Crippen molar-refractivity contribution in [3.8, 4) is 5.75 Å². The number of benzene rings is 2. The van der Waals surface area contributed by atoms with Gasteiger partial charge in [0.2, 0.25) is 0 Å². The molecule has 2 aromatic rings. The quantitative estimate of drug-likeness (QED) is 0.254. The minimum Gasteiger partial charge on any atom is -0.409 e. The molecule has 0 radical (unpaired) electrons. The third-order valence-corrected chi connectivity index (χ3v) is 5.58. The van der Waals surface area contributed by atoms with Crippen LogP contribution in [-0.2, 0) is 21.8 Å². The Bertz CT molecular complexity index is 1210. The number of rotatable bonds is 8. The molecule has 39 heavy (non-hydrogen) atoms. The lowest BCUT2D eigenvalue weighted by Gasteiger charge is -2.22. The number of hydrogen-bond acceptors (Lipinski definition) is 6. The molecule has 0 bridgehead atoms. The zero-order chi connectivity index (χ0) is 28.8. The van der Waals surface area contributed by atoms with Crippen molar-refractivity contribution in [1.82, 2.24) is 0 Å². The number of nitrogens with zero attached hydrogens (tertiary/aromatic N) is 2. The summed E-state index contributed by atoms with van der Waals surface area (Å²) in [5.74, 6) is -1.85. The lowest BCUT2D eigenvalue weighted by molar-refractivity contribution is -0.143. The highest BCUT2D eigenvalue weighted by molar-refractivity contribution is 6.11. The van der Waals surface area contributed by atoms with E-state index in [2.05, 4.69) is 4.99 Å². The van der Waals surface area contributed by atoms with E-state index < -0.39 is 46.7 Å². The molecule has 0 aliphatic carbocycles. The van der Waals surface area contributed by atoms with Crippen LogP contribution in [0.25, 0.3) is 5.57 Å². The largest absolute Gasteiger partial charge is 0.420 e. The van der Waals surface area contributed by atoms with Crippen molar-refractivity contribution in [2.24, 2.45) is 10.7 Å². The topological polar surface area (TPSA) is 86.4 Å². The van der Waals surface area contributed by atoms with E-state index in [-0.39, 0.29) is 36.6 Å². The molecule has 1 aliphatic rings. The van der Waals surface area contributed by atoms with Gasteiger partial charge in [0.25, 0.3) is 0 Å². The first kappa shape index (κ1) is 29.9. The second-order valence-corrected chi connectivity index (χ2v) is 8.31. The molecule has 7 nitrogen and oxygen atoms in total. The van der Waals surface area contributed by atoms with Gasteiger partial charge in [-0.15, -0.1) is 0 Å². The number of hydrogen-bond donors (Lipinski definition) is 1. The summed E-state index contributed by atoms with van der Waals surface area (Å²) >= 11 is 0. The minimum absolute atomic E-state index is 0.0152. The van der Waals surface area contributed by atoms with Crippen LogP contribution in [-0.4, -0.2) is 51.8 Å². The van der Waals surface area contributed by atoms with Crippen LogP contribution in [0.4, 0.5) is 41.2 Å². The van der Waals surface area contributed by atoms with E-state index >= 15 is 0 Å². The van der Waals surface area contributed by atoms with Crippen molar-refractivity contribution in [3.63, 3.8) is 0 Å². The summed E-state index contributed by atoms with van der Waals surface area (Å²) in [6, 6.07) is 4.54. The Morgan fingerprint density at radius 1 is 1.15 bits per heavy atom. The molecule has 2 aromatic carbocycles. The molecule has 1 aliphatic heterocycles. The molecular formula is C25H24F7N3O4. The van der Waals surface area contributed by atoms with Gasteiger partial charge in [0.1, 0.15) is 5.82 Å². The zero-order valence-electron chi connectivity index (χ0n) is 20.5. The van der Waals surface area contributed by atoms with Crippen LogP contribution in [0, 0.1) is 5.82 Å². The second kappa shape index (κ2) is 12.5. The normalized spacial score (nSPS) is 16.6. The first-order valence-corrected chi connectivity index (χ1v) is 11.5. The van der Waals surface area contributed by atoms with Crippen LogP contribution in [0.2, 0.25) is 0 Å². The smallest absolute Gasteiger partial charge is 0.409 e. The summed E-state index contributed by atoms with van der Waals surface area (Å²) in [4.78, 5) is 17.5. The van der Waals surface area contributed by atoms with Gasteiger partial charge in [0, 0.05) is 42.9 Å². The van der Waals surface area contributed by atoms with E-state index in [0.717, 1.165) is 48.6 Å². The second-order valence-electron chi connectivity index (χ2n) is 8.31. The average molecular weight is 563 g/mol. The Labute approximate surface area is 218 Å². The highest BCUT2D eigenvalue weighted by Crippen LogP contribution is 2.44. The van der Waals surface area contributed by atoms with E-state index in [1.165, 1.54) is 0 Å². The number of halogens is 7. The first-order chi connectivity index (χ1) is 18.3. The van der Waals surface area contributed by atoms with E-state index in [1.54, 1.807) is 0 Å². The summed E-state index contributed by atoms with van der Waals surface area (Å²) in [6.07, 6.45) is -9.65. The molecule has 1 saturated heterocycles. The van der Waals surface area contributed by atoms with E-state index in [9.17, 15) is 35.5 Å². The van der Waals surface area contributed by atoms with Gasteiger partial charge in [-0.25, -0.2) is 9.18 Å². The lowest BCUT2D eigenvalue weighted by Crippen LogP contribution is -2.30. The van der Waals surface area contributed by atoms with Gasteiger partial charge in [-0.05, 0) is 42.8 Å². The standard InChI is InChI=1S/C25H24F7N3O4/c1-35(18-4-2-17(26)3-5-18)23(36)39-22-20(10-16(24(27,28)29)11-21(22)25(30,31)32)15(12-33)13-34-7-9-38-19-6-8-37-14-19/h2-5,10-13,19H,6-9,14,33H2,1H3. The Morgan fingerprint density at radius 3 is 2.41 bits per heavy atom. The number of alkyl halides is 6. The number of ether oxygens (including phenoxy) is 3. The molecule has 14 heteroatoms. The monoisotopic (exact) mass is 563 g/mol. The van der Waals surface area contributed by atoms with Crippen LogP contribution < -0.4 is 15.4 Å². The maximum Gasteiger partial charge on any atom is 0.420 e. The fourth-order valence-corrected chi connectivity index (χ4v) is 3.54. The predicted molar refractivity (Wildman–Crippen MR) is 128 cm³/mol.